The lowest BCUT2D eigenvalue weighted by molar-refractivity contribution is 0.0957. The van der Waals surface area contributed by atoms with Crippen molar-refractivity contribution < 1.29 is 13.2 Å². The van der Waals surface area contributed by atoms with Crippen molar-refractivity contribution in [3.63, 3.8) is 0 Å². The first kappa shape index (κ1) is 14.2. The van der Waals surface area contributed by atoms with Gasteiger partial charge in [-0.25, -0.2) is 23.2 Å². The van der Waals surface area contributed by atoms with E-state index in [1.54, 1.807) is 13.0 Å². The van der Waals surface area contributed by atoms with Crippen molar-refractivity contribution >= 4 is 15.9 Å². The first-order chi connectivity index (χ1) is 9.32. The maximum atomic E-state index is 11.5. The smallest absolute Gasteiger partial charge is 0.271 e. The van der Waals surface area contributed by atoms with Crippen molar-refractivity contribution in [2.45, 2.75) is 11.8 Å². The zero-order valence-electron chi connectivity index (χ0n) is 10.9. The van der Waals surface area contributed by atoms with Crippen LogP contribution in [0, 0.1) is 6.92 Å². The van der Waals surface area contributed by atoms with E-state index in [0.29, 0.717) is 11.5 Å². The SMILES string of the molecule is CNC(=O)c1cc(C)n(-c2ccc(S(N)(=O)=O)cn2)n1. The molecule has 0 unspecified atom stereocenters. The van der Waals surface area contributed by atoms with Crippen molar-refractivity contribution in [1.82, 2.24) is 20.1 Å². The van der Waals surface area contributed by atoms with E-state index in [9.17, 15) is 13.2 Å². The van der Waals surface area contributed by atoms with Crippen LogP contribution in [-0.2, 0) is 10.0 Å². The number of amides is 1. The molecule has 1 amide bonds. The molecule has 0 saturated heterocycles. The van der Waals surface area contributed by atoms with E-state index in [0.717, 1.165) is 6.20 Å². The number of carbonyl (C=O) groups excluding carboxylic acids is 1. The third-order valence-electron chi connectivity index (χ3n) is 2.61. The quantitative estimate of drug-likeness (QED) is 0.797. The minimum atomic E-state index is -3.78. The molecule has 2 aromatic rings. The number of primary sulfonamides is 1. The summed E-state index contributed by atoms with van der Waals surface area (Å²) in [6, 6.07) is 4.40. The van der Waals surface area contributed by atoms with E-state index in [1.807, 2.05) is 0 Å². The van der Waals surface area contributed by atoms with Gasteiger partial charge in [0, 0.05) is 18.9 Å². The van der Waals surface area contributed by atoms with Gasteiger partial charge >= 0.3 is 0 Å². The molecule has 0 aliphatic heterocycles. The van der Waals surface area contributed by atoms with Crippen molar-refractivity contribution in [2.24, 2.45) is 5.14 Å². The molecule has 0 spiro atoms. The van der Waals surface area contributed by atoms with Crippen molar-refractivity contribution in [3.05, 3.63) is 35.8 Å². The van der Waals surface area contributed by atoms with Gasteiger partial charge in [0.15, 0.2) is 11.5 Å². The summed E-state index contributed by atoms with van der Waals surface area (Å²) in [4.78, 5) is 15.4. The van der Waals surface area contributed by atoms with E-state index in [4.69, 9.17) is 5.14 Å². The average molecular weight is 295 g/mol. The van der Waals surface area contributed by atoms with Gasteiger partial charge in [-0.1, -0.05) is 0 Å². The van der Waals surface area contributed by atoms with Crippen LogP contribution in [0.5, 0.6) is 0 Å². The lowest BCUT2D eigenvalue weighted by Gasteiger charge is -2.04. The highest BCUT2D eigenvalue weighted by Gasteiger charge is 2.13. The molecule has 0 atom stereocenters. The first-order valence-corrected chi connectivity index (χ1v) is 7.15. The van der Waals surface area contributed by atoms with Gasteiger partial charge in [-0.3, -0.25) is 4.79 Å². The monoisotopic (exact) mass is 295 g/mol. The fourth-order valence-corrected chi connectivity index (χ4v) is 2.07. The normalized spacial score (nSPS) is 11.3. The van der Waals surface area contributed by atoms with Crippen molar-refractivity contribution in [1.29, 1.82) is 0 Å². The van der Waals surface area contributed by atoms with Gasteiger partial charge in [-0.15, -0.1) is 0 Å². The summed E-state index contributed by atoms with van der Waals surface area (Å²) in [5.74, 6) is 0.0815. The Balaban J connectivity index is 2.42. The molecule has 0 aromatic carbocycles. The molecule has 0 aliphatic carbocycles. The highest BCUT2D eigenvalue weighted by Crippen LogP contribution is 2.12. The number of nitrogens with one attached hydrogen (secondary N) is 1. The summed E-state index contributed by atoms with van der Waals surface area (Å²) in [5, 5.41) is 11.6. The Morgan fingerprint density at radius 1 is 1.40 bits per heavy atom. The zero-order chi connectivity index (χ0) is 14.9. The number of pyridine rings is 1. The van der Waals surface area contributed by atoms with Gasteiger partial charge in [0.05, 0.1) is 0 Å². The lowest BCUT2D eigenvalue weighted by atomic mass is 10.3. The molecule has 2 aromatic heterocycles. The van der Waals surface area contributed by atoms with Gasteiger partial charge in [-0.05, 0) is 25.1 Å². The van der Waals surface area contributed by atoms with Crippen LogP contribution in [0.2, 0.25) is 0 Å². The first-order valence-electron chi connectivity index (χ1n) is 5.61. The summed E-state index contributed by atoms with van der Waals surface area (Å²) in [6.07, 6.45) is 1.14. The number of carbonyl (C=O) groups is 1. The van der Waals surface area contributed by atoms with Gasteiger partial charge in [0.1, 0.15) is 4.90 Å². The molecule has 0 saturated carbocycles. The number of hydrogen-bond acceptors (Lipinski definition) is 5. The Bertz CT molecular complexity index is 749. The molecule has 0 bridgehead atoms. The second-order valence-corrected chi connectivity index (χ2v) is 5.62. The van der Waals surface area contributed by atoms with E-state index >= 15 is 0 Å². The number of sulfonamides is 1. The second kappa shape index (κ2) is 5.02. The Labute approximate surface area is 115 Å². The number of aromatic nitrogens is 3. The Hall–Kier alpha value is -2.26. The summed E-state index contributed by atoms with van der Waals surface area (Å²) in [7, 11) is -2.27. The highest BCUT2D eigenvalue weighted by atomic mass is 32.2. The Kier molecular flexibility index (Phi) is 3.55. The fraction of sp³-hybridized carbons (Fsp3) is 0.182. The topological polar surface area (TPSA) is 120 Å². The maximum Gasteiger partial charge on any atom is 0.271 e. The van der Waals surface area contributed by atoms with Crippen molar-refractivity contribution in [2.75, 3.05) is 7.05 Å². The second-order valence-electron chi connectivity index (χ2n) is 4.06. The highest BCUT2D eigenvalue weighted by molar-refractivity contribution is 7.89. The molecule has 0 radical (unpaired) electrons. The number of nitrogens with zero attached hydrogens (tertiary/aromatic N) is 3. The van der Waals surface area contributed by atoms with Crippen molar-refractivity contribution in [3.8, 4) is 5.82 Å². The molecular formula is C11H13N5O3S. The Morgan fingerprint density at radius 2 is 2.10 bits per heavy atom. The minimum absolute atomic E-state index is 0.0856. The molecule has 106 valence electrons. The maximum absolute atomic E-state index is 11.5. The van der Waals surface area contributed by atoms with Crippen LogP contribution in [0.4, 0.5) is 0 Å². The van der Waals surface area contributed by atoms with E-state index in [1.165, 1.54) is 23.9 Å². The summed E-state index contributed by atoms with van der Waals surface area (Å²) in [6.45, 7) is 1.76. The molecule has 2 rings (SSSR count). The number of aryl methyl sites for hydroxylation is 1. The molecule has 8 nitrogen and oxygen atoms in total. The summed E-state index contributed by atoms with van der Waals surface area (Å²) < 4.78 is 23.7. The summed E-state index contributed by atoms with van der Waals surface area (Å²) >= 11 is 0. The van der Waals surface area contributed by atoms with Gasteiger partial charge < -0.3 is 5.32 Å². The van der Waals surface area contributed by atoms with Gasteiger partial charge in [-0.2, -0.15) is 5.10 Å². The van der Waals surface area contributed by atoms with Crippen LogP contribution in [0.15, 0.2) is 29.3 Å². The van der Waals surface area contributed by atoms with Gasteiger partial charge in [0.2, 0.25) is 10.0 Å². The van der Waals surface area contributed by atoms with E-state index in [2.05, 4.69) is 15.4 Å². The largest absolute Gasteiger partial charge is 0.354 e. The molecule has 0 fully saturated rings. The predicted octanol–water partition coefficient (Wildman–Crippen LogP) is -0.417. The van der Waals surface area contributed by atoms with Crippen LogP contribution in [-0.4, -0.2) is 36.1 Å². The third kappa shape index (κ3) is 2.68. The third-order valence-corrected chi connectivity index (χ3v) is 3.51. The average Bonchev–Trinajstić information content (AvgIpc) is 2.79. The standard InChI is InChI=1S/C11H13N5O3S/c1-7-5-9(11(17)13-2)15-16(7)10-4-3-8(6-14-10)20(12,18)19/h3-6H,1-2H3,(H,13,17)(H2,12,18,19). The van der Waals surface area contributed by atoms with Crippen LogP contribution in [0.25, 0.3) is 5.82 Å². The summed E-state index contributed by atoms with van der Waals surface area (Å²) in [5.41, 5.74) is 0.946. The number of rotatable bonds is 3. The number of nitrogens with two attached hydrogens (primary N) is 1. The van der Waals surface area contributed by atoms with Gasteiger partial charge in [0.25, 0.3) is 5.91 Å². The van der Waals surface area contributed by atoms with E-state index in [-0.39, 0.29) is 16.5 Å². The van der Waals surface area contributed by atoms with Crippen LogP contribution in [0.3, 0.4) is 0 Å². The molecule has 20 heavy (non-hydrogen) atoms. The Morgan fingerprint density at radius 3 is 2.60 bits per heavy atom. The van der Waals surface area contributed by atoms with E-state index < -0.39 is 10.0 Å². The molecule has 3 N–H and O–H groups in total. The molecule has 9 heteroatoms. The van der Waals surface area contributed by atoms with Crippen LogP contribution >= 0.6 is 0 Å². The fourth-order valence-electron chi connectivity index (χ4n) is 1.61. The molecule has 0 aliphatic rings. The minimum Gasteiger partial charge on any atom is -0.354 e. The zero-order valence-corrected chi connectivity index (χ0v) is 11.7. The number of hydrogen-bond donors (Lipinski definition) is 2. The molecule has 2 heterocycles. The van der Waals surface area contributed by atoms with Crippen LogP contribution in [0.1, 0.15) is 16.2 Å². The van der Waals surface area contributed by atoms with Crippen LogP contribution < -0.4 is 10.5 Å². The lowest BCUT2D eigenvalue weighted by Crippen LogP contribution is -2.18. The molecular weight excluding hydrogens is 282 g/mol. The predicted molar refractivity (Wildman–Crippen MR) is 70.9 cm³/mol.